The number of carbonyl (C=O) groups is 2. The molecular weight excluding hydrogens is 397 g/mol. The summed E-state index contributed by atoms with van der Waals surface area (Å²) in [6, 6.07) is 12.9. The molecule has 3 nitrogen and oxygen atoms in total. The predicted octanol–water partition coefficient (Wildman–Crippen LogP) is 5.95. The first-order chi connectivity index (χ1) is 12.0. The van der Waals surface area contributed by atoms with Gasteiger partial charge >= 0.3 is 0 Å². The van der Waals surface area contributed by atoms with E-state index in [2.05, 4.69) is 0 Å². The number of benzene rings is 2. The lowest BCUT2D eigenvalue weighted by atomic mass is 10.2. The normalized spacial score (nSPS) is 16.1. The zero-order chi connectivity index (χ0) is 18.0. The molecule has 0 aliphatic carbocycles. The summed E-state index contributed by atoms with van der Waals surface area (Å²) in [5, 5.41) is 0.541. The molecular formula is C18H13Cl2NO2S2. The van der Waals surface area contributed by atoms with E-state index in [9.17, 15) is 9.59 Å². The minimum absolute atomic E-state index is 0.0614. The van der Waals surface area contributed by atoms with Crippen molar-refractivity contribution in [3.8, 4) is 0 Å². The highest BCUT2D eigenvalue weighted by atomic mass is 35.5. The van der Waals surface area contributed by atoms with Crippen molar-refractivity contribution in [1.29, 1.82) is 0 Å². The molecule has 0 bridgehead atoms. The van der Waals surface area contributed by atoms with Gasteiger partial charge < -0.3 is 0 Å². The molecule has 0 radical (unpaired) electrons. The number of hydrogen-bond donors (Lipinski definition) is 0. The van der Waals surface area contributed by atoms with Gasteiger partial charge in [0.2, 0.25) is 0 Å². The van der Waals surface area contributed by atoms with E-state index in [0.29, 0.717) is 20.5 Å². The second-order valence-electron chi connectivity index (χ2n) is 5.24. The van der Waals surface area contributed by atoms with Gasteiger partial charge in [0.25, 0.3) is 11.1 Å². The standard InChI is InChI=1S/C18H13Cl2NO2S2/c1-24-12-7-5-11(6-8-12)9-16-17(22)21(18(23)25-16)10-13-14(19)3-2-4-15(13)20/h2-9H,10H2,1H3/b16-9-. The van der Waals surface area contributed by atoms with E-state index in [1.165, 1.54) is 4.90 Å². The maximum Gasteiger partial charge on any atom is 0.293 e. The van der Waals surface area contributed by atoms with E-state index in [4.69, 9.17) is 23.2 Å². The molecule has 0 atom stereocenters. The summed E-state index contributed by atoms with van der Waals surface area (Å²) in [6.45, 7) is 0.0614. The summed E-state index contributed by atoms with van der Waals surface area (Å²) in [6.07, 6.45) is 3.73. The molecule has 0 saturated carbocycles. The zero-order valence-corrected chi connectivity index (χ0v) is 16.3. The molecule has 7 heteroatoms. The number of thioether (sulfide) groups is 2. The molecule has 1 heterocycles. The first kappa shape index (κ1) is 18.4. The lowest BCUT2D eigenvalue weighted by molar-refractivity contribution is -0.123. The highest BCUT2D eigenvalue weighted by Gasteiger charge is 2.35. The van der Waals surface area contributed by atoms with Crippen molar-refractivity contribution in [3.63, 3.8) is 0 Å². The van der Waals surface area contributed by atoms with Gasteiger partial charge in [-0.2, -0.15) is 0 Å². The van der Waals surface area contributed by atoms with E-state index in [-0.39, 0.29) is 17.7 Å². The van der Waals surface area contributed by atoms with Crippen molar-refractivity contribution in [1.82, 2.24) is 4.90 Å². The van der Waals surface area contributed by atoms with Crippen LogP contribution in [0, 0.1) is 0 Å². The van der Waals surface area contributed by atoms with Gasteiger partial charge in [-0.1, -0.05) is 41.4 Å². The fourth-order valence-electron chi connectivity index (χ4n) is 2.33. The van der Waals surface area contributed by atoms with Gasteiger partial charge in [0.15, 0.2) is 0 Å². The largest absolute Gasteiger partial charge is 0.293 e. The average molecular weight is 410 g/mol. The number of amides is 2. The molecule has 0 unspecified atom stereocenters. The summed E-state index contributed by atoms with van der Waals surface area (Å²) in [5.74, 6) is -0.333. The van der Waals surface area contributed by atoms with Gasteiger partial charge in [-0.25, -0.2) is 0 Å². The Hall–Kier alpha value is -1.40. The highest BCUT2D eigenvalue weighted by Crippen LogP contribution is 2.35. The number of imide groups is 1. The first-order valence-corrected chi connectivity index (χ1v) is 10.1. The van der Waals surface area contributed by atoms with Crippen molar-refractivity contribution in [2.45, 2.75) is 11.4 Å². The summed E-state index contributed by atoms with van der Waals surface area (Å²) in [7, 11) is 0. The summed E-state index contributed by atoms with van der Waals surface area (Å²) >= 11 is 14.9. The molecule has 1 aliphatic rings. The monoisotopic (exact) mass is 409 g/mol. The van der Waals surface area contributed by atoms with Crippen LogP contribution in [0.4, 0.5) is 4.79 Å². The van der Waals surface area contributed by atoms with Crippen LogP contribution in [-0.4, -0.2) is 22.3 Å². The molecule has 25 heavy (non-hydrogen) atoms. The third-order valence-corrected chi connectivity index (χ3v) is 6.02. The Morgan fingerprint density at radius 2 is 1.72 bits per heavy atom. The molecule has 3 rings (SSSR count). The topological polar surface area (TPSA) is 37.4 Å². The van der Waals surface area contributed by atoms with E-state index in [1.54, 1.807) is 36.0 Å². The van der Waals surface area contributed by atoms with Crippen LogP contribution in [0.15, 0.2) is 52.3 Å². The minimum atomic E-state index is -0.333. The van der Waals surface area contributed by atoms with Crippen molar-refractivity contribution >= 4 is 63.9 Å². The fraction of sp³-hybridized carbons (Fsp3) is 0.111. The van der Waals surface area contributed by atoms with Crippen LogP contribution >= 0.6 is 46.7 Å². The Morgan fingerprint density at radius 3 is 2.32 bits per heavy atom. The zero-order valence-electron chi connectivity index (χ0n) is 13.2. The Bertz CT molecular complexity index is 846. The third-order valence-electron chi connectivity index (χ3n) is 3.67. The van der Waals surface area contributed by atoms with Crippen LogP contribution in [0.5, 0.6) is 0 Å². The molecule has 2 aromatic carbocycles. The van der Waals surface area contributed by atoms with Crippen LogP contribution in [0.3, 0.4) is 0 Å². The van der Waals surface area contributed by atoms with E-state index in [1.807, 2.05) is 30.5 Å². The van der Waals surface area contributed by atoms with E-state index < -0.39 is 0 Å². The third kappa shape index (κ3) is 4.06. The van der Waals surface area contributed by atoms with Crippen molar-refractivity contribution in [3.05, 3.63) is 68.5 Å². The van der Waals surface area contributed by atoms with Crippen molar-refractivity contribution < 1.29 is 9.59 Å². The van der Waals surface area contributed by atoms with Gasteiger partial charge in [0, 0.05) is 20.5 Å². The maximum absolute atomic E-state index is 12.6. The second kappa shape index (κ2) is 7.87. The molecule has 1 aliphatic heterocycles. The quantitative estimate of drug-likeness (QED) is 0.461. The average Bonchev–Trinajstić information content (AvgIpc) is 2.86. The lowest BCUT2D eigenvalue weighted by Crippen LogP contribution is -2.27. The maximum atomic E-state index is 12.6. The lowest BCUT2D eigenvalue weighted by Gasteiger charge is -2.14. The highest BCUT2D eigenvalue weighted by molar-refractivity contribution is 8.18. The molecule has 2 aromatic rings. The van der Waals surface area contributed by atoms with Gasteiger partial charge in [-0.15, -0.1) is 11.8 Å². The van der Waals surface area contributed by atoms with E-state index in [0.717, 1.165) is 22.2 Å². The SMILES string of the molecule is CSc1ccc(/C=C2\SC(=O)N(Cc3c(Cl)cccc3Cl)C2=O)cc1. The van der Waals surface area contributed by atoms with Crippen LogP contribution in [-0.2, 0) is 11.3 Å². The van der Waals surface area contributed by atoms with Gasteiger partial charge in [0.05, 0.1) is 11.4 Å². The number of nitrogens with zero attached hydrogens (tertiary/aromatic N) is 1. The number of carbonyl (C=O) groups excluding carboxylic acids is 2. The molecule has 0 aromatic heterocycles. The van der Waals surface area contributed by atoms with Crippen LogP contribution in [0.2, 0.25) is 10.0 Å². The summed E-state index contributed by atoms with van der Waals surface area (Å²) in [4.78, 5) is 27.5. The molecule has 128 valence electrons. The summed E-state index contributed by atoms with van der Waals surface area (Å²) in [5.41, 5.74) is 1.44. The van der Waals surface area contributed by atoms with Crippen LogP contribution in [0.25, 0.3) is 6.08 Å². The second-order valence-corrected chi connectivity index (χ2v) is 7.93. The number of hydrogen-bond acceptors (Lipinski definition) is 4. The van der Waals surface area contributed by atoms with Gasteiger partial charge in [-0.05, 0) is 53.9 Å². The first-order valence-electron chi connectivity index (χ1n) is 7.32. The van der Waals surface area contributed by atoms with Crippen molar-refractivity contribution in [2.75, 3.05) is 6.26 Å². The van der Waals surface area contributed by atoms with Crippen LogP contribution < -0.4 is 0 Å². The Balaban J connectivity index is 1.83. The minimum Gasteiger partial charge on any atom is -0.268 e. The fourth-order valence-corrected chi connectivity index (χ4v) is 4.09. The molecule has 1 fully saturated rings. The van der Waals surface area contributed by atoms with Crippen molar-refractivity contribution in [2.24, 2.45) is 0 Å². The number of halogens is 2. The molecule has 2 amide bonds. The Kier molecular flexibility index (Phi) is 5.79. The Morgan fingerprint density at radius 1 is 1.08 bits per heavy atom. The number of rotatable bonds is 4. The predicted molar refractivity (Wildman–Crippen MR) is 106 cm³/mol. The van der Waals surface area contributed by atoms with Gasteiger partial charge in [0.1, 0.15) is 0 Å². The molecule has 1 saturated heterocycles. The summed E-state index contributed by atoms with van der Waals surface area (Å²) < 4.78 is 0. The smallest absolute Gasteiger partial charge is 0.268 e. The molecule has 0 spiro atoms. The molecule has 0 N–H and O–H groups in total. The van der Waals surface area contributed by atoms with Gasteiger partial charge in [-0.3, -0.25) is 14.5 Å². The Labute approximate surface area is 164 Å². The van der Waals surface area contributed by atoms with Crippen LogP contribution in [0.1, 0.15) is 11.1 Å². The van der Waals surface area contributed by atoms with E-state index >= 15 is 0 Å².